The minimum atomic E-state index is -0.767. The van der Waals surface area contributed by atoms with Crippen LogP contribution >= 0.6 is 0 Å². The van der Waals surface area contributed by atoms with Crippen molar-refractivity contribution < 1.29 is 4.21 Å². The third-order valence-electron chi connectivity index (χ3n) is 2.43. The van der Waals surface area contributed by atoms with Crippen molar-refractivity contribution >= 4 is 16.8 Å². The number of rotatable bonds is 5. The fraction of sp³-hybridized carbons (Fsp3) is 0.889. The fourth-order valence-electron chi connectivity index (χ4n) is 1.08. The van der Waals surface area contributed by atoms with Gasteiger partial charge in [0.15, 0.2) is 0 Å². The molecule has 15 heavy (non-hydrogen) atoms. The summed E-state index contributed by atoms with van der Waals surface area (Å²) in [6, 6.07) is 0.539. The first kappa shape index (κ1) is 12.4. The van der Waals surface area contributed by atoms with Crippen LogP contribution < -0.4 is 16.6 Å². The van der Waals surface area contributed by atoms with Gasteiger partial charge in [-0.15, -0.1) is 0 Å². The van der Waals surface area contributed by atoms with E-state index in [1.165, 1.54) is 12.8 Å². The number of hydrazine groups is 1. The molecule has 88 valence electrons. The number of nitrogens with zero attached hydrogens (tertiary/aromatic N) is 1. The summed E-state index contributed by atoms with van der Waals surface area (Å²) in [5.41, 5.74) is 2.54. The van der Waals surface area contributed by atoms with Crippen LogP contribution in [0.4, 0.5) is 0 Å². The maximum absolute atomic E-state index is 11.1. The zero-order valence-corrected chi connectivity index (χ0v) is 10.1. The highest BCUT2D eigenvalue weighted by molar-refractivity contribution is 7.84. The Morgan fingerprint density at radius 1 is 1.67 bits per heavy atom. The van der Waals surface area contributed by atoms with E-state index in [1.807, 2.05) is 6.92 Å². The Morgan fingerprint density at radius 3 is 2.80 bits per heavy atom. The van der Waals surface area contributed by atoms with Crippen molar-refractivity contribution in [2.75, 3.05) is 12.8 Å². The van der Waals surface area contributed by atoms with Gasteiger partial charge in [-0.25, -0.2) is 5.84 Å². The van der Waals surface area contributed by atoms with Crippen LogP contribution in [0.1, 0.15) is 26.2 Å². The molecule has 0 spiro atoms. The molecule has 0 radical (unpaired) electrons. The molecule has 0 aromatic carbocycles. The molecule has 5 nitrogen and oxygen atoms in total. The average Bonchev–Trinajstić information content (AvgIpc) is 2.99. The average molecular weight is 232 g/mol. The summed E-state index contributed by atoms with van der Waals surface area (Å²) < 4.78 is 11.1. The van der Waals surface area contributed by atoms with Crippen LogP contribution in [-0.4, -0.2) is 34.3 Å². The van der Waals surface area contributed by atoms with E-state index in [9.17, 15) is 4.21 Å². The van der Waals surface area contributed by atoms with Crippen molar-refractivity contribution in [3.63, 3.8) is 0 Å². The van der Waals surface area contributed by atoms with Crippen LogP contribution in [-0.2, 0) is 10.8 Å². The highest BCUT2D eigenvalue weighted by Crippen LogP contribution is 2.18. The maximum Gasteiger partial charge on any atom is 0.205 e. The lowest BCUT2D eigenvalue weighted by Gasteiger charge is -2.09. The van der Waals surface area contributed by atoms with Crippen LogP contribution in [0.5, 0.6) is 0 Å². The summed E-state index contributed by atoms with van der Waals surface area (Å²) in [6.45, 7) is 2.62. The summed E-state index contributed by atoms with van der Waals surface area (Å²) in [5.74, 6) is 5.97. The van der Waals surface area contributed by atoms with Gasteiger partial charge in [0.05, 0.1) is 0 Å². The SMILES string of the molecule is CC(CCN=C(NN)NC1CC1)S(C)=O. The molecular formula is C9H20N4OS. The standard InChI is InChI=1S/C9H20N4OS/c1-7(15(2)14)5-6-11-9(13-10)12-8-3-4-8/h7-8H,3-6,10H2,1-2H3,(H2,11,12,13). The second-order valence-corrected chi connectivity index (χ2v) is 5.69. The summed E-state index contributed by atoms with van der Waals surface area (Å²) in [7, 11) is -0.767. The molecule has 0 amide bonds. The van der Waals surface area contributed by atoms with Gasteiger partial charge in [0.25, 0.3) is 0 Å². The van der Waals surface area contributed by atoms with E-state index in [-0.39, 0.29) is 5.25 Å². The van der Waals surface area contributed by atoms with Gasteiger partial charge in [0, 0.05) is 34.9 Å². The second-order valence-electron chi connectivity index (χ2n) is 3.89. The van der Waals surface area contributed by atoms with Crippen molar-refractivity contribution in [1.82, 2.24) is 10.7 Å². The van der Waals surface area contributed by atoms with Gasteiger partial charge < -0.3 is 5.32 Å². The van der Waals surface area contributed by atoms with E-state index in [2.05, 4.69) is 15.7 Å². The van der Waals surface area contributed by atoms with Crippen LogP contribution in [0.25, 0.3) is 0 Å². The fourth-order valence-corrected chi connectivity index (χ4v) is 1.52. The van der Waals surface area contributed by atoms with Gasteiger partial charge in [-0.1, -0.05) is 6.92 Å². The molecule has 2 atom stereocenters. The molecule has 1 aliphatic rings. The normalized spacial score (nSPS) is 20.9. The molecule has 1 fully saturated rings. The number of aliphatic imine (C=N–C) groups is 1. The molecule has 0 aromatic heterocycles. The molecule has 0 aromatic rings. The highest BCUT2D eigenvalue weighted by Gasteiger charge is 2.21. The van der Waals surface area contributed by atoms with Crippen LogP contribution in [0.3, 0.4) is 0 Å². The molecule has 0 saturated heterocycles. The Bertz CT molecular complexity index is 252. The molecule has 0 aliphatic heterocycles. The van der Waals surface area contributed by atoms with Gasteiger partial charge >= 0.3 is 0 Å². The van der Waals surface area contributed by atoms with Gasteiger partial charge in [-0.05, 0) is 19.3 Å². The van der Waals surface area contributed by atoms with E-state index >= 15 is 0 Å². The van der Waals surface area contributed by atoms with Crippen molar-refractivity contribution in [2.45, 2.75) is 37.5 Å². The van der Waals surface area contributed by atoms with E-state index in [0.29, 0.717) is 18.5 Å². The monoisotopic (exact) mass is 232 g/mol. The van der Waals surface area contributed by atoms with Crippen LogP contribution in [0.15, 0.2) is 4.99 Å². The Kier molecular flexibility index (Phi) is 5.04. The quantitative estimate of drug-likeness (QED) is 0.263. The summed E-state index contributed by atoms with van der Waals surface area (Å²) in [5, 5.41) is 3.37. The Balaban J connectivity index is 2.23. The van der Waals surface area contributed by atoms with Crippen molar-refractivity contribution in [3.05, 3.63) is 0 Å². The predicted molar refractivity (Wildman–Crippen MR) is 63.9 cm³/mol. The maximum atomic E-state index is 11.1. The predicted octanol–water partition coefficient (Wildman–Crippen LogP) is -0.285. The lowest BCUT2D eigenvalue weighted by Crippen LogP contribution is -2.42. The molecular weight excluding hydrogens is 212 g/mol. The zero-order chi connectivity index (χ0) is 11.3. The summed E-state index contributed by atoms with van der Waals surface area (Å²) in [4.78, 5) is 4.28. The number of nitrogens with one attached hydrogen (secondary N) is 2. The summed E-state index contributed by atoms with van der Waals surface area (Å²) in [6.07, 6.45) is 4.92. The molecule has 1 saturated carbocycles. The zero-order valence-electron chi connectivity index (χ0n) is 9.32. The lowest BCUT2D eigenvalue weighted by molar-refractivity contribution is 0.669. The smallest absolute Gasteiger partial charge is 0.205 e. The number of hydrogen-bond acceptors (Lipinski definition) is 3. The number of nitrogens with two attached hydrogens (primary N) is 1. The van der Waals surface area contributed by atoms with E-state index in [0.717, 1.165) is 6.42 Å². The third-order valence-corrected chi connectivity index (χ3v) is 3.80. The van der Waals surface area contributed by atoms with Gasteiger partial charge in [-0.2, -0.15) is 0 Å². The molecule has 2 unspecified atom stereocenters. The van der Waals surface area contributed by atoms with Crippen molar-refractivity contribution in [1.29, 1.82) is 0 Å². The molecule has 0 heterocycles. The molecule has 4 N–H and O–H groups in total. The van der Waals surface area contributed by atoms with Crippen LogP contribution in [0, 0.1) is 0 Å². The third kappa shape index (κ3) is 5.13. The largest absolute Gasteiger partial charge is 0.353 e. The van der Waals surface area contributed by atoms with Crippen molar-refractivity contribution in [2.24, 2.45) is 10.8 Å². The first-order chi connectivity index (χ1) is 7.13. The number of hydrogen-bond donors (Lipinski definition) is 3. The first-order valence-electron chi connectivity index (χ1n) is 5.23. The second kappa shape index (κ2) is 6.07. The van der Waals surface area contributed by atoms with Gasteiger partial charge in [-0.3, -0.25) is 14.6 Å². The van der Waals surface area contributed by atoms with E-state index in [1.54, 1.807) is 6.26 Å². The van der Waals surface area contributed by atoms with E-state index < -0.39 is 10.8 Å². The number of guanidine groups is 1. The summed E-state index contributed by atoms with van der Waals surface area (Å²) >= 11 is 0. The minimum Gasteiger partial charge on any atom is -0.353 e. The Labute approximate surface area is 93.3 Å². The van der Waals surface area contributed by atoms with E-state index in [4.69, 9.17) is 5.84 Å². The Hall–Kier alpha value is -0.620. The molecule has 0 bridgehead atoms. The molecule has 1 aliphatic carbocycles. The van der Waals surface area contributed by atoms with Crippen LogP contribution in [0.2, 0.25) is 0 Å². The van der Waals surface area contributed by atoms with Crippen molar-refractivity contribution in [3.8, 4) is 0 Å². The topological polar surface area (TPSA) is 79.5 Å². The van der Waals surface area contributed by atoms with Gasteiger partial charge in [0.2, 0.25) is 5.96 Å². The molecule has 6 heteroatoms. The van der Waals surface area contributed by atoms with Gasteiger partial charge in [0.1, 0.15) is 0 Å². The first-order valence-corrected chi connectivity index (χ1v) is 6.85. The highest BCUT2D eigenvalue weighted by atomic mass is 32.2. The molecule has 1 rings (SSSR count). The minimum absolute atomic E-state index is 0.189. The lowest BCUT2D eigenvalue weighted by atomic mass is 10.3. The Morgan fingerprint density at radius 2 is 2.33 bits per heavy atom.